The Bertz CT molecular complexity index is 529. The maximum atomic E-state index is 10.6. The first-order chi connectivity index (χ1) is 8.16. The second-order valence-electron chi connectivity index (χ2n) is 4.10. The number of carboxylic acid groups (broad SMARTS) is 1. The highest BCUT2D eigenvalue weighted by atomic mass is 16.4. The third kappa shape index (κ3) is 2.75. The molecule has 0 aliphatic rings. The fraction of sp³-hybridized carbons (Fsp3) is 0.214. The molecule has 2 aromatic rings. The second-order valence-corrected chi connectivity index (χ2v) is 4.10. The lowest BCUT2D eigenvalue weighted by Gasteiger charge is -2.09. The molecule has 0 fully saturated rings. The van der Waals surface area contributed by atoms with Gasteiger partial charge in [-0.2, -0.15) is 0 Å². The molecule has 2 rings (SSSR count). The molecule has 3 heteroatoms. The van der Waals surface area contributed by atoms with Crippen LogP contribution in [0.2, 0.25) is 0 Å². The number of carbonyl (C=O) groups is 1. The van der Waals surface area contributed by atoms with E-state index in [0.29, 0.717) is 6.42 Å². The monoisotopic (exact) mass is 229 g/mol. The molecule has 1 N–H and O–H groups in total. The standard InChI is InChI=1S/C14H15NO2/c1-11-4-2-5-13(10-11)15-9-3-6-12(15)7-8-14(16)17/h2-6,9-10H,7-8H2,1H3,(H,16,17). The van der Waals surface area contributed by atoms with Gasteiger partial charge in [0.2, 0.25) is 0 Å². The first kappa shape index (κ1) is 11.5. The van der Waals surface area contributed by atoms with Crippen LogP contribution in [0.5, 0.6) is 0 Å². The number of benzene rings is 1. The average molecular weight is 229 g/mol. The molecular weight excluding hydrogens is 214 g/mol. The van der Waals surface area contributed by atoms with E-state index >= 15 is 0 Å². The SMILES string of the molecule is Cc1cccc(-n2cccc2CCC(=O)O)c1. The van der Waals surface area contributed by atoms with Crippen molar-refractivity contribution in [2.45, 2.75) is 19.8 Å². The molecule has 88 valence electrons. The van der Waals surface area contributed by atoms with Crippen LogP contribution in [0, 0.1) is 6.92 Å². The van der Waals surface area contributed by atoms with Crippen LogP contribution < -0.4 is 0 Å². The van der Waals surface area contributed by atoms with Gasteiger partial charge in [-0.1, -0.05) is 12.1 Å². The fourth-order valence-corrected chi connectivity index (χ4v) is 1.88. The van der Waals surface area contributed by atoms with Crippen molar-refractivity contribution in [2.75, 3.05) is 0 Å². The Morgan fingerprint density at radius 3 is 2.82 bits per heavy atom. The number of aromatic nitrogens is 1. The molecule has 17 heavy (non-hydrogen) atoms. The van der Waals surface area contributed by atoms with Crippen LogP contribution in [-0.4, -0.2) is 15.6 Å². The minimum Gasteiger partial charge on any atom is -0.481 e. The average Bonchev–Trinajstić information content (AvgIpc) is 2.74. The molecule has 0 aliphatic heterocycles. The lowest BCUT2D eigenvalue weighted by atomic mass is 10.2. The summed E-state index contributed by atoms with van der Waals surface area (Å²) >= 11 is 0. The van der Waals surface area contributed by atoms with Crippen molar-refractivity contribution in [1.29, 1.82) is 0 Å². The van der Waals surface area contributed by atoms with Crippen molar-refractivity contribution < 1.29 is 9.90 Å². The van der Waals surface area contributed by atoms with E-state index < -0.39 is 5.97 Å². The van der Waals surface area contributed by atoms with E-state index in [-0.39, 0.29) is 6.42 Å². The third-order valence-electron chi connectivity index (χ3n) is 2.71. The minimum atomic E-state index is -0.762. The molecule has 0 radical (unpaired) electrons. The Hall–Kier alpha value is -2.03. The van der Waals surface area contributed by atoms with Gasteiger partial charge in [0, 0.05) is 17.6 Å². The molecule has 0 spiro atoms. The van der Waals surface area contributed by atoms with Crippen molar-refractivity contribution >= 4 is 5.97 Å². The van der Waals surface area contributed by atoms with Crippen molar-refractivity contribution in [1.82, 2.24) is 4.57 Å². The number of rotatable bonds is 4. The van der Waals surface area contributed by atoms with Gasteiger partial charge < -0.3 is 9.67 Å². The summed E-state index contributed by atoms with van der Waals surface area (Å²) in [5.74, 6) is -0.762. The second kappa shape index (κ2) is 4.87. The number of hydrogen-bond donors (Lipinski definition) is 1. The minimum absolute atomic E-state index is 0.163. The highest BCUT2D eigenvalue weighted by Crippen LogP contribution is 2.15. The Morgan fingerprint density at radius 1 is 1.29 bits per heavy atom. The van der Waals surface area contributed by atoms with E-state index in [0.717, 1.165) is 11.4 Å². The number of aryl methyl sites for hydroxylation is 2. The van der Waals surface area contributed by atoms with E-state index in [4.69, 9.17) is 5.11 Å². The smallest absolute Gasteiger partial charge is 0.303 e. The molecule has 0 bridgehead atoms. The van der Waals surface area contributed by atoms with Gasteiger partial charge in [0.25, 0.3) is 0 Å². The fourth-order valence-electron chi connectivity index (χ4n) is 1.88. The quantitative estimate of drug-likeness (QED) is 0.876. The predicted octanol–water partition coefficient (Wildman–Crippen LogP) is 2.80. The van der Waals surface area contributed by atoms with E-state index in [1.807, 2.05) is 48.0 Å². The molecule has 1 aromatic heterocycles. The third-order valence-corrected chi connectivity index (χ3v) is 2.71. The Balaban J connectivity index is 2.27. The van der Waals surface area contributed by atoms with Gasteiger partial charge in [-0.3, -0.25) is 4.79 Å². The normalized spacial score (nSPS) is 10.4. The van der Waals surface area contributed by atoms with Crippen molar-refractivity contribution in [3.8, 4) is 5.69 Å². The summed E-state index contributed by atoms with van der Waals surface area (Å²) in [7, 11) is 0. The van der Waals surface area contributed by atoms with Gasteiger partial charge in [0.1, 0.15) is 0 Å². The summed E-state index contributed by atoms with van der Waals surface area (Å²) in [5.41, 5.74) is 3.30. The highest BCUT2D eigenvalue weighted by Gasteiger charge is 2.05. The molecule has 0 amide bonds. The Morgan fingerprint density at radius 2 is 2.12 bits per heavy atom. The van der Waals surface area contributed by atoms with Crippen LogP contribution in [0.1, 0.15) is 17.7 Å². The van der Waals surface area contributed by atoms with Crippen LogP contribution in [0.25, 0.3) is 5.69 Å². The van der Waals surface area contributed by atoms with Crippen molar-refractivity contribution in [2.24, 2.45) is 0 Å². The molecule has 0 saturated carbocycles. The zero-order valence-corrected chi connectivity index (χ0v) is 9.76. The summed E-state index contributed by atoms with van der Waals surface area (Å²) in [4.78, 5) is 10.6. The van der Waals surface area contributed by atoms with Crippen LogP contribution in [0.4, 0.5) is 0 Å². The summed E-state index contributed by atoms with van der Waals surface area (Å²) in [5, 5.41) is 8.71. The van der Waals surface area contributed by atoms with Crippen LogP contribution in [0.15, 0.2) is 42.6 Å². The van der Waals surface area contributed by atoms with Gasteiger partial charge in [0.15, 0.2) is 0 Å². The molecule has 1 aromatic carbocycles. The molecule has 0 saturated heterocycles. The topological polar surface area (TPSA) is 42.2 Å². The molecule has 3 nitrogen and oxygen atoms in total. The summed E-state index contributed by atoms with van der Waals surface area (Å²) in [6.45, 7) is 2.05. The van der Waals surface area contributed by atoms with Gasteiger partial charge in [-0.25, -0.2) is 0 Å². The number of aliphatic carboxylic acids is 1. The van der Waals surface area contributed by atoms with E-state index in [1.165, 1.54) is 5.56 Å². The largest absolute Gasteiger partial charge is 0.481 e. The summed E-state index contributed by atoms with van der Waals surface area (Å²) in [6, 6.07) is 12.1. The first-order valence-electron chi connectivity index (χ1n) is 5.62. The molecule has 0 aliphatic carbocycles. The van der Waals surface area contributed by atoms with E-state index in [2.05, 4.69) is 6.07 Å². The van der Waals surface area contributed by atoms with Gasteiger partial charge in [-0.15, -0.1) is 0 Å². The highest BCUT2D eigenvalue weighted by molar-refractivity contribution is 5.67. The lowest BCUT2D eigenvalue weighted by molar-refractivity contribution is -0.136. The Kier molecular flexibility index (Phi) is 3.28. The van der Waals surface area contributed by atoms with Gasteiger partial charge >= 0.3 is 5.97 Å². The summed E-state index contributed by atoms with van der Waals surface area (Å²) < 4.78 is 2.04. The first-order valence-corrected chi connectivity index (χ1v) is 5.62. The van der Waals surface area contributed by atoms with Crippen LogP contribution in [-0.2, 0) is 11.2 Å². The number of nitrogens with zero attached hydrogens (tertiary/aromatic N) is 1. The van der Waals surface area contributed by atoms with Crippen molar-refractivity contribution in [3.63, 3.8) is 0 Å². The number of hydrogen-bond acceptors (Lipinski definition) is 1. The number of carboxylic acids is 1. The summed E-state index contributed by atoms with van der Waals surface area (Å²) in [6.07, 6.45) is 2.68. The molecule has 0 atom stereocenters. The van der Waals surface area contributed by atoms with Crippen LogP contribution >= 0.6 is 0 Å². The van der Waals surface area contributed by atoms with E-state index in [9.17, 15) is 4.79 Å². The predicted molar refractivity (Wildman–Crippen MR) is 66.5 cm³/mol. The maximum Gasteiger partial charge on any atom is 0.303 e. The maximum absolute atomic E-state index is 10.6. The zero-order chi connectivity index (χ0) is 12.3. The van der Waals surface area contributed by atoms with E-state index in [1.54, 1.807) is 0 Å². The molecule has 0 unspecified atom stereocenters. The zero-order valence-electron chi connectivity index (χ0n) is 9.76. The van der Waals surface area contributed by atoms with Gasteiger partial charge in [0.05, 0.1) is 6.42 Å². The molecule has 1 heterocycles. The van der Waals surface area contributed by atoms with Crippen molar-refractivity contribution in [3.05, 3.63) is 53.9 Å². The van der Waals surface area contributed by atoms with Gasteiger partial charge in [-0.05, 0) is 43.2 Å². The lowest BCUT2D eigenvalue weighted by Crippen LogP contribution is -2.03. The Labute approximate surface area is 100 Å². The van der Waals surface area contributed by atoms with Crippen LogP contribution in [0.3, 0.4) is 0 Å². The molecular formula is C14H15NO2.